The van der Waals surface area contributed by atoms with Gasteiger partial charge in [0.1, 0.15) is 0 Å². The highest BCUT2D eigenvalue weighted by atomic mass is 15.2. The first-order chi connectivity index (χ1) is 9.75. The second-order valence-electron chi connectivity index (χ2n) is 6.80. The van der Waals surface area contributed by atoms with Crippen LogP contribution in [0.15, 0.2) is 30.3 Å². The van der Waals surface area contributed by atoms with Gasteiger partial charge < -0.3 is 5.73 Å². The maximum absolute atomic E-state index is 6.33. The van der Waals surface area contributed by atoms with E-state index in [2.05, 4.69) is 42.2 Å². The fraction of sp³-hybridized carbons (Fsp3) is 0.667. The first-order valence-electron chi connectivity index (χ1n) is 8.30. The van der Waals surface area contributed by atoms with Crippen molar-refractivity contribution in [1.29, 1.82) is 0 Å². The second-order valence-corrected chi connectivity index (χ2v) is 6.80. The molecule has 4 atom stereocenters. The lowest BCUT2D eigenvalue weighted by atomic mass is 9.74. The van der Waals surface area contributed by atoms with Crippen molar-refractivity contribution < 1.29 is 0 Å². The highest BCUT2D eigenvalue weighted by molar-refractivity contribution is 5.20. The largest absolute Gasteiger partial charge is 0.326 e. The summed E-state index contributed by atoms with van der Waals surface area (Å²) >= 11 is 0. The molecule has 0 aromatic heterocycles. The van der Waals surface area contributed by atoms with Crippen LogP contribution in [0.1, 0.15) is 50.6 Å². The van der Waals surface area contributed by atoms with Crippen molar-refractivity contribution in [3.63, 3.8) is 0 Å². The molecule has 2 nitrogen and oxygen atoms in total. The summed E-state index contributed by atoms with van der Waals surface area (Å²) in [5.41, 5.74) is 7.71. The molecule has 3 rings (SSSR count). The molecule has 1 aromatic rings. The number of benzene rings is 1. The molecule has 0 bridgehead atoms. The Bertz CT molecular complexity index is 415. The number of likely N-dealkylation sites (tertiary alicyclic amines) is 1. The van der Waals surface area contributed by atoms with E-state index in [9.17, 15) is 0 Å². The molecule has 1 aromatic carbocycles. The highest BCUT2D eigenvalue weighted by Gasteiger charge is 2.35. The van der Waals surface area contributed by atoms with Crippen LogP contribution in [0.25, 0.3) is 0 Å². The lowest BCUT2D eigenvalue weighted by Gasteiger charge is -2.45. The molecular formula is C18H28N2. The fourth-order valence-corrected chi connectivity index (χ4v) is 4.38. The number of fused-ring (bicyclic) bond motifs is 1. The molecule has 0 amide bonds. The number of piperidine rings is 1. The Morgan fingerprint density at radius 2 is 1.75 bits per heavy atom. The van der Waals surface area contributed by atoms with Gasteiger partial charge in [0.2, 0.25) is 0 Å². The van der Waals surface area contributed by atoms with Crippen LogP contribution in [0, 0.1) is 11.8 Å². The van der Waals surface area contributed by atoms with Crippen molar-refractivity contribution in [1.82, 2.24) is 4.90 Å². The van der Waals surface area contributed by atoms with Crippen LogP contribution >= 0.6 is 0 Å². The minimum atomic E-state index is 0.192. The van der Waals surface area contributed by atoms with Crippen molar-refractivity contribution in [2.75, 3.05) is 13.1 Å². The van der Waals surface area contributed by atoms with Crippen LogP contribution in [0.5, 0.6) is 0 Å². The summed E-state index contributed by atoms with van der Waals surface area (Å²) in [5.74, 6) is 1.91. The molecule has 0 radical (unpaired) electrons. The molecule has 110 valence electrons. The summed E-state index contributed by atoms with van der Waals surface area (Å²) in [7, 11) is 0. The van der Waals surface area contributed by atoms with E-state index < -0.39 is 0 Å². The molecule has 1 aliphatic heterocycles. The second kappa shape index (κ2) is 6.28. The van der Waals surface area contributed by atoms with Gasteiger partial charge in [-0.3, -0.25) is 4.90 Å². The zero-order valence-corrected chi connectivity index (χ0v) is 12.7. The number of rotatable bonds is 3. The molecular weight excluding hydrogens is 244 g/mol. The minimum absolute atomic E-state index is 0.192. The summed E-state index contributed by atoms with van der Waals surface area (Å²) in [6, 6.07) is 11.4. The summed E-state index contributed by atoms with van der Waals surface area (Å²) < 4.78 is 0. The van der Waals surface area contributed by atoms with Crippen LogP contribution < -0.4 is 5.73 Å². The molecule has 0 spiro atoms. The Hall–Kier alpha value is -0.860. The van der Waals surface area contributed by atoms with Gasteiger partial charge >= 0.3 is 0 Å². The number of hydrogen-bond acceptors (Lipinski definition) is 2. The molecule has 20 heavy (non-hydrogen) atoms. The zero-order valence-electron chi connectivity index (χ0n) is 12.7. The van der Waals surface area contributed by atoms with E-state index in [0.717, 1.165) is 11.8 Å². The standard InChI is InChI=1S/C18H28N2/c1-14(19)18(16-8-3-2-4-9-16)20-12-11-15-7-5-6-10-17(15)13-20/h2-4,8-9,14-15,17-18H,5-7,10-13,19H2,1H3. The Kier molecular flexibility index (Phi) is 4.42. The van der Waals surface area contributed by atoms with Crippen LogP contribution in [-0.2, 0) is 0 Å². The smallest absolute Gasteiger partial charge is 0.0496 e. The average Bonchev–Trinajstić information content (AvgIpc) is 2.48. The maximum Gasteiger partial charge on any atom is 0.0496 e. The summed E-state index contributed by atoms with van der Waals surface area (Å²) in [4.78, 5) is 2.66. The van der Waals surface area contributed by atoms with E-state index in [1.807, 2.05) is 0 Å². The Morgan fingerprint density at radius 1 is 1.05 bits per heavy atom. The number of nitrogens with zero attached hydrogens (tertiary/aromatic N) is 1. The van der Waals surface area contributed by atoms with Gasteiger partial charge in [0.05, 0.1) is 0 Å². The lowest BCUT2D eigenvalue weighted by Crippen LogP contribution is -2.47. The molecule has 2 heteroatoms. The number of nitrogens with two attached hydrogens (primary N) is 1. The Labute approximate surface area is 123 Å². The maximum atomic E-state index is 6.33. The van der Waals surface area contributed by atoms with Crippen LogP contribution in [-0.4, -0.2) is 24.0 Å². The Balaban J connectivity index is 1.75. The third-order valence-corrected chi connectivity index (χ3v) is 5.36. The van der Waals surface area contributed by atoms with E-state index in [4.69, 9.17) is 5.73 Å². The van der Waals surface area contributed by atoms with Crippen molar-refractivity contribution in [3.8, 4) is 0 Å². The summed E-state index contributed by atoms with van der Waals surface area (Å²) in [6.07, 6.45) is 7.16. The first kappa shape index (κ1) is 14.1. The van der Waals surface area contributed by atoms with Crippen molar-refractivity contribution in [2.45, 2.75) is 51.1 Å². The van der Waals surface area contributed by atoms with Crippen LogP contribution in [0.3, 0.4) is 0 Å². The van der Waals surface area contributed by atoms with Crippen molar-refractivity contribution in [3.05, 3.63) is 35.9 Å². The predicted octanol–water partition coefficient (Wildman–Crippen LogP) is 3.59. The summed E-state index contributed by atoms with van der Waals surface area (Å²) in [5, 5.41) is 0. The molecule has 4 unspecified atom stereocenters. The van der Waals surface area contributed by atoms with Gasteiger partial charge in [-0.25, -0.2) is 0 Å². The predicted molar refractivity (Wildman–Crippen MR) is 84.5 cm³/mol. The quantitative estimate of drug-likeness (QED) is 0.911. The van der Waals surface area contributed by atoms with Gasteiger partial charge in [0.15, 0.2) is 0 Å². The third kappa shape index (κ3) is 2.91. The van der Waals surface area contributed by atoms with Crippen molar-refractivity contribution in [2.24, 2.45) is 17.6 Å². The fourth-order valence-electron chi connectivity index (χ4n) is 4.38. The zero-order chi connectivity index (χ0) is 13.9. The van der Waals surface area contributed by atoms with E-state index in [0.29, 0.717) is 6.04 Å². The third-order valence-electron chi connectivity index (χ3n) is 5.36. The Morgan fingerprint density at radius 3 is 2.45 bits per heavy atom. The van der Waals surface area contributed by atoms with E-state index in [1.54, 1.807) is 0 Å². The average molecular weight is 272 g/mol. The lowest BCUT2D eigenvalue weighted by molar-refractivity contribution is 0.0494. The highest BCUT2D eigenvalue weighted by Crippen LogP contribution is 2.39. The molecule has 2 aliphatic rings. The van der Waals surface area contributed by atoms with E-state index >= 15 is 0 Å². The normalized spacial score (nSPS) is 30.5. The molecule has 1 aliphatic carbocycles. The van der Waals surface area contributed by atoms with Gasteiger partial charge in [-0.15, -0.1) is 0 Å². The molecule has 2 fully saturated rings. The SMILES string of the molecule is CC(N)C(c1ccccc1)N1CCC2CCCCC2C1. The van der Waals surface area contributed by atoms with Crippen LogP contribution in [0.4, 0.5) is 0 Å². The minimum Gasteiger partial charge on any atom is -0.326 e. The first-order valence-corrected chi connectivity index (χ1v) is 8.30. The van der Waals surface area contributed by atoms with Gasteiger partial charge in [-0.2, -0.15) is 0 Å². The van der Waals surface area contributed by atoms with Gasteiger partial charge in [0.25, 0.3) is 0 Å². The van der Waals surface area contributed by atoms with E-state index in [1.165, 1.54) is 50.8 Å². The van der Waals surface area contributed by atoms with E-state index in [-0.39, 0.29) is 6.04 Å². The molecule has 1 saturated heterocycles. The molecule has 2 N–H and O–H groups in total. The molecule has 1 heterocycles. The number of hydrogen-bond donors (Lipinski definition) is 1. The topological polar surface area (TPSA) is 29.3 Å². The van der Waals surface area contributed by atoms with Gasteiger partial charge in [0, 0.05) is 18.6 Å². The van der Waals surface area contributed by atoms with Crippen LogP contribution in [0.2, 0.25) is 0 Å². The monoisotopic (exact) mass is 272 g/mol. The molecule has 1 saturated carbocycles. The van der Waals surface area contributed by atoms with Gasteiger partial charge in [-0.1, -0.05) is 49.6 Å². The van der Waals surface area contributed by atoms with Crippen molar-refractivity contribution >= 4 is 0 Å². The summed E-state index contributed by atoms with van der Waals surface area (Å²) in [6.45, 7) is 4.64. The van der Waals surface area contributed by atoms with Gasteiger partial charge in [-0.05, 0) is 43.7 Å².